The van der Waals surface area contributed by atoms with Crippen molar-refractivity contribution in [2.45, 2.75) is 32.7 Å². The molecule has 6 heteroatoms. The zero-order chi connectivity index (χ0) is 14.4. The molecule has 0 saturated heterocycles. The summed E-state index contributed by atoms with van der Waals surface area (Å²) in [5.74, 6) is 1.94. The summed E-state index contributed by atoms with van der Waals surface area (Å²) < 4.78 is 10.2. The molecule has 2 heterocycles. The molecule has 0 saturated carbocycles. The smallest absolute Gasteiger partial charge is 0.227 e. The molecule has 0 aliphatic rings. The van der Waals surface area contributed by atoms with Gasteiger partial charge >= 0.3 is 0 Å². The molecule has 2 aromatic rings. The molecule has 0 aliphatic carbocycles. The van der Waals surface area contributed by atoms with Crippen molar-refractivity contribution in [3.63, 3.8) is 0 Å². The van der Waals surface area contributed by atoms with Gasteiger partial charge in [0.1, 0.15) is 0 Å². The van der Waals surface area contributed by atoms with E-state index in [1.54, 1.807) is 13.3 Å². The minimum absolute atomic E-state index is 0.461. The van der Waals surface area contributed by atoms with Gasteiger partial charge in [0.15, 0.2) is 5.82 Å². The predicted molar refractivity (Wildman–Crippen MR) is 74.7 cm³/mol. The monoisotopic (exact) mass is 276 g/mol. The van der Waals surface area contributed by atoms with Crippen molar-refractivity contribution in [2.75, 3.05) is 13.7 Å². The predicted octanol–water partition coefficient (Wildman–Crippen LogP) is 1.60. The third-order valence-corrected chi connectivity index (χ3v) is 2.77. The zero-order valence-corrected chi connectivity index (χ0v) is 12.1. The molecule has 2 rings (SSSR count). The van der Waals surface area contributed by atoms with E-state index in [1.165, 1.54) is 0 Å². The van der Waals surface area contributed by atoms with Crippen molar-refractivity contribution in [2.24, 2.45) is 0 Å². The van der Waals surface area contributed by atoms with E-state index in [1.807, 2.05) is 12.1 Å². The number of aromatic nitrogens is 3. The number of methoxy groups -OCH3 is 1. The highest BCUT2D eigenvalue weighted by atomic mass is 16.5. The van der Waals surface area contributed by atoms with Gasteiger partial charge in [-0.1, -0.05) is 25.1 Å². The summed E-state index contributed by atoms with van der Waals surface area (Å²) in [4.78, 5) is 8.52. The number of nitrogens with one attached hydrogen (secondary N) is 1. The van der Waals surface area contributed by atoms with Gasteiger partial charge in [0, 0.05) is 37.7 Å². The fourth-order valence-electron chi connectivity index (χ4n) is 1.75. The van der Waals surface area contributed by atoms with Crippen LogP contribution in [0.5, 0.6) is 5.88 Å². The average Bonchev–Trinajstić information content (AvgIpc) is 2.87. The molecule has 0 bridgehead atoms. The number of ether oxygens (including phenoxy) is 1. The van der Waals surface area contributed by atoms with E-state index < -0.39 is 0 Å². The number of hydrogen-bond donors (Lipinski definition) is 1. The molecule has 20 heavy (non-hydrogen) atoms. The van der Waals surface area contributed by atoms with Gasteiger partial charge in [0.2, 0.25) is 11.8 Å². The molecule has 0 amide bonds. The van der Waals surface area contributed by atoms with Crippen molar-refractivity contribution < 1.29 is 9.26 Å². The van der Waals surface area contributed by atoms with Crippen LogP contribution in [0.4, 0.5) is 0 Å². The van der Waals surface area contributed by atoms with Crippen molar-refractivity contribution >= 4 is 0 Å². The van der Waals surface area contributed by atoms with Crippen LogP contribution in [0.15, 0.2) is 22.9 Å². The summed E-state index contributed by atoms with van der Waals surface area (Å²) in [6.07, 6.45) is 3.11. The standard InChI is InChI=1S/C14H20N4O2/c1-10(2)15-7-6-14-17-12(18-20-14)8-11-4-5-13(19-3)16-9-11/h4-5,9-10,15H,6-8H2,1-3H3. The van der Waals surface area contributed by atoms with E-state index in [2.05, 4.69) is 34.3 Å². The zero-order valence-electron chi connectivity index (χ0n) is 12.1. The van der Waals surface area contributed by atoms with E-state index in [4.69, 9.17) is 9.26 Å². The topological polar surface area (TPSA) is 73.1 Å². The van der Waals surface area contributed by atoms with E-state index in [-0.39, 0.29) is 0 Å². The third-order valence-electron chi connectivity index (χ3n) is 2.77. The second-order valence-corrected chi connectivity index (χ2v) is 4.85. The quantitative estimate of drug-likeness (QED) is 0.828. The van der Waals surface area contributed by atoms with Gasteiger partial charge in [0.05, 0.1) is 7.11 Å². The molecule has 0 spiro atoms. The lowest BCUT2D eigenvalue weighted by Crippen LogP contribution is -2.25. The molecule has 0 fully saturated rings. The molecule has 6 nitrogen and oxygen atoms in total. The normalized spacial score (nSPS) is 11.0. The summed E-state index contributed by atoms with van der Waals surface area (Å²) in [5.41, 5.74) is 1.03. The summed E-state index contributed by atoms with van der Waals surface area (Å²) in [6.45, 7) is 5.05. The van der Waals surface area contributed by atoms with Crippen molar-refractivity contribution in [1.29, 1.82) is 0 Å². The van der Waals surface area contributed by atoms with Gasteiger partial charge in [0.25, 0.3) is 0 Å². The van der Waals surface area contributed by atoms with Gasteiger partial charge in [-0.15, -0.1) is 0 Å². The first-order chi connectivity index (χ1) is 9.67. The SMILES string of the molecule is COc1ccc(Cc2noc(CCNC(C)C)n2)cn1. The maximum atomic E-state index is 5.22. The Morgan fingerprint density at radius 1 is 1.35 bits per heavy atom. The maximum Gasteiger partial charge on any atom is 0.227 e. The maximum absolute atomic E-state index is 5.22. The van der Waals surface area contributed by atoms with Crippen molar-refractivity contribution in [3.05, 3.63) is 35.6 Å². The number of nitrogens with zero attached hydrogens (tertiary/aromatic N) is 3. The van der Waals surface area contributed by atoms with E-state index in [0.29, 0.717) is 30.1 Å². The van der Waals surface area contributed by atoms with E-state index in [9.17, 15) is 0 Å². The molecule has 1 N–H and O–H groups in total. The number of rotatable bonds is 7. The Bertz CT molecular complexity index is 522. The minimum Gasteiger partial charge on any atom is -0.481 e. The van der Waals surface area contributed by atoms with Gasteiger partial charge in [-0.05, 0) is 5.56 Å². The average molecular weight is 276 g/mol. The van der Waals surface area contributed by atoms with E-state index >= 15 is 0 Å². The fraction of sp³-hybridized carbons (Fsp3) is 0.500. The minimum atomic E-state index is 0.461. The molecule has 108 valence electrons. The van der Waals surface area contributed by atoms with Crippen LogP contribution >= 0.6 is 0 Å². The second kappa shape index (κ2) is 7.00. The van der Waals surface area contributed by atoms with Gasteiger partial charge in [-0.3, -0.25) is 0 Å². The molecule has 0 aliphatic heterocycles. The summed E-state index contributed by atoms with van der Waals surface area (Å²) in [5, 5.41) is 7.29. The van der Waals surface area contributed by atoms with Gasteiger partial charge in [-0.25, -0.2) is 4.98 Å². The lowest BCUT2D eigenvalue weighted by atomic mass is 10.2. The second-order valence-electron chi connectivity index (χ2n) is 4.85. The first-order valence-electron chi connectivity index (χ1n) is 6.71. The Morgan fingerprint density at radius 3 is 2.85 bits per heavy atom. The molecule has 0 aromatic carbocycles. The van der Waals surface area contributed by atoms with Crippen LogP contribution in [-0.4, -0.2) is 34.8 Å². The summed E-state index contributed by atoms with van der Waals surface area (Å²) >= 11 is 0. The van der Waals surface area contributed by atoms with Crippen LogP contribution in [0, 0.1) is 0 Å². The highest BCUT2D eigenvalue weighted by Crippen LogP contribution is 2.10. The molecule has 0 atom stereocenters. The Balaban J connectivity index is 1.88. The van der Waals surface area contributed by atoms with Crippen molar-refractivity contribution in [1.82, 2.24) is 20.4 Å². The largest absolute Gasteiger partial charge is 0.481 e. The van der Waals surface area contributed by atoms with Crippen molar-refractivity contribution in [3.8, 4) is 5.88 Å². The van der Waals surface area contributed by atoms with Gasteiger partial charge in [-0.2, -0.15) is 4.98 Å². The first kappa shape index (κ1) is 14.5. The summed E-state index contributed by atoms with van der Waals surface area (Å²) in [6, 6.07) is 4.23. The fourth-order valence-corrected chi connectivity index (χ4v) is 1.75. The number of hydrogen-bond acceptors (Lipinski definition) is 6. The van der Waals surface area contributed by atoms with Crippen LogP contribution in [0.25, 0.3) is 0 Å². The van der Waals surface area contributed by atoms with Crippen LogP contribution in [0.3, 0.4) is 0 Å². The van der Waals surface area contributed by atoms with Crippen LogP contribution in [0.1, 0.15) is 31.1 Å². The highest BCUT2D eigenvalue weighted by Gasteiger charge is 2.07. The van der Waals surface area contributed by atoms with Crippen LogP contribution < -0.4 is 10.1 Å². The summed E-state index contributed by atoms with van der Waals surface area (Å²) in [7, 11) is 1.60. The van der Waals surface area contributed by atoms with E-state index in [0.717, 1.165) is 18.5 Å². The molecule has 2 aromatic heterocycles. The molecule has 0 radical (unpaired) electrons. The highest BCUT2D eigenvalue weighted by molar-refractivity contribution is 5.20. The number of pyridine rings is 1. The Kier molecular flexibility index (Phi) is 5.06. The van der Waals surface area contributed by atoms with Crippen LogP contribution in [-0.2, 0) is 12.8 Å². The Labute approximate surface area is 118 Å². The Hall–Kier alpha value is -1.95. The first-order valence-corrected chi connectivity index (χ1v) is 6.71. The lowest BCUT2D eigenvalue weighted by molar-refractivity contribution is 0.369. The van der Waals surface area contributed by atoms with Crippen LogP contribution in [0.2, 0.25) is 0 Å². The molecule has 0 unspecified atom stereocenters. The lowest BCUT2D eigenvalue weighted by Gasteiger charge is -2.04. The molecular weight excluding hydrogens is 256 g/mol. The third kappa shape index (κ3) is 4.31. The Morgan fingerprint density at radius 2 is 2.20 bits per heavy atom. The van der Waals surface area contributed by atoms with Gasteiger partial charge < -0.3 is 14.6 Å². The molecular formula is C14H20N4O2.